The van der Waals surface area contributed by atoms with Gasteiger partial charge in [-0.05, 0) is 24.3 Å². The lowest BCUT2D eigenvalue weighted by atomic mass is 10.2. The molecule has 1 aromatic rings. The Labute approximate surface area is 117 Å². The zero-order valence-corrected chi connectivity index (χ0v) is 11.0. The molecular formula is C13H18N4O3. The summed E-state index contributed by atoms with van der Waals surface area (Å²) in [5.41, 5.74) is 5.46. The van der Waals surface area contributed by atoms with Crippen LogP contribution >= 0.6 is 0 Å². The maximum atomic E-state index is 10.4. The Morgan fingerprint density at radius 1 is 1.40 bits per heavy atom. The molecule has 2 amide bonds. The Kier molecular flexibility index (Phi) is 6.89. The maximum absolute atomic E-state index is 10.4. The molecule has 20 heavy (non-hydrogen) atoms. The van der Waals surface area contributed by atoms with Crippen molar-refractivity contribution in [3.8, 4) is 11.8 Å². The number of carbonyl (C=O) groups is 1. The molecule has 0 bridgehead atoms. The van der Waals surface area contributed by atoms with Crippen LogP contribution in [0.2, 0.25) is 0 Å². The van der Waals surface area contributed by atoms with Crippen LogP contribution in [0.4, 0.5) is 4.79 Å². The van der Waals surface area contributed by atoms with Crippen molar-refractivity contribution in [3.05, 3.63) is 29.8 Å². The third-order valence-electron chi connectivity index (χ3n) is 2.41. The number of ether oxygens (including phenoxy) is 1. The highest BCUT2D eigenvalue weighted by Crippen LogP contribution is 2.11. The number of benzene rings is 1. The number of nitrogens with two attached hydrogens (primary N) is 1. The summed E-state index contributed by atoms with van der Waals surface area (Å²) < 4.78 is 5.37. The van der Waals surface area contributed by atoms with Crippen LogP contribution in [0.25, 0.3) is 0 Å². The second-order valence-corrected chi connectivity index (χ2v) is 4.10. The van der Waals surface area contributed by atoms with E-state index in [4.69, 9.17) is 15.7 Å². The van der Waals surface area contributed by atoms with Gasteiger partial charge in [0.05, 0.1) is 11.6 Å². The fourth-order valence-electron chi connectivity index (χ4n) is 1.42. The topological polar surface area (TPSA) is 120 Å². The molecule has 0 fully saturated rings. The molecule has 1 atom stereocenters. The van der Waals surface area contributed by atoms with Crippen molar-refractivity contribution in [2.24, 2.45) is 5.73 Å². The van der Waals surface area contributed by atoms with E-state index in [0.717, 1.165) is 0 Å². The van der Waals surface area contributed by atoms with Gasteiger partial charge in [-0.15, -0.1) is 0 Å². The first-order chi connectivity index (χ1) is 9.61. The minimum atomic E-state index is -0.667. The molecule has 1 rings (SSSR count). The first-order valence-electron chi connectivity index (χ1n) is 6.17. The number of nitrogens with zero attached hydrogens (tertiary/aromatic N) is 1. The van der Waals surface area contributed by atoms with E-state index in [1.54, 1.807) is 24.3 Å². The number of aliphatic hydroxyl groups excluding tert-OH is 1. The lowest BCUT2D eigenvalue weighted by molar-refractivity contribution is 0.106. The third kappa shape index (κ3) is 6.58. The Morgan fingerprint density at radius 3 is 2.70 bits per heavy atom. The number of hydrogen-bond acceptors (Lipinski definition) is 5. The summed E-state index contributed by atoms with van der Waals surface area (Å²) in [4.78, 5) is 10.4. The summed E-state index contributed by atoms with van der Waals surface area (Å²) in [5, 5.41) is 23.7. The molecule has 7 nitrogen and oxygen atoms in total. The number of primary amides is 1. The van der Waals surface area contributed by atoms with E-state index in [1.807, 2.05) is 6.07 Å². The van der Waals surface area contributed by atoms with Gasteiger partial charge in [0.25, 0.3) is 0 Å². The SMILES string of the molecule is N#Cc1ccc(OCC(O)CNCCNC(N)=O)cc1. The molecule has 1 aromatic carbocycles. The molecule has 0 saturated heterocycles. The molecule has 0 saturated carbocycles. The molecule has 0 spiro atoms. The first kappa shape index (κ1) is 15.8. The average Bonchev–Trinajstić information content (AvgIpc) is 2.45. The summed E-state index contributed by atoms with van der Waals surface area (Å²) in [6.45, 7) is 1.40. The van der Waals surface area contributed by atoms with Crippen molar-refractivity contribution >= 4 is 6.03 Å². The van der Waals surface area contributed by atoms with E-state index < -0.39 is 12.1 Å². The predicted molar refractivity (Wildman–Crippen MR) is 73.1 cm³/mol. The number of hydrogen-bond donors (Lipinski definition) is 4. The van der Waals surface area contributed by atoms with E-state index in [2.05, 4.69) is 10.6 Å². The number of nitriles is 1. The fraction of sp³-hybridized carbons (Fsp3) is 0.385. The highest BCUT2D eigenvalue weighted by Gasteiger charge is 2.04. The van der Waals surface area contributed by atoms with Gasteiger partial charge in [0.2, 0.25) is 0 Å². The highest BCUT2D eigenvalue weighted by atomic mass is 16.5. The van der Waals surface area contributed by atoms with Gasteiger partial charge in [-0.1, -0.05) is 0 Å². The van der Waals surface area contributed by atoms with E-state index in [0.29, 0.717) is 30.9 Å². The van der Waals surface area contributed by atoms with Gasteiger partial charge in [-0.25, -0.2) is 4.79 Å². The van der Waals surface area contributed by atoms with Crippen molar-refractivity contribution in [2.45, 2.75) is 6.10 Å². The summed E-state index contributed by atoms with van der Waals surface area (Å²) in [6.07, 6.45) is -0.667. The molecule has 0 aliphatic carbocycles. The second kappa shape index (κ2) is 8.74. The van der Waals surface area contributed by atoms with Crippen LogP contribution in [-0.2, 0) is 0 Å². The first-order valence-corrected chi connectivity index (χ1v) is 6.17. The van der Waals surface area contributed by atoms with Gasteiger partial charge >= 0.3 is 6.03 Å². The Morgan fingerprint density at radius 2 is 2.10 bits per heavy atom. The molecule has 7 heteroatoms. The van der Waals surface area contributed by atoms with E-state index >= 15 is 0 Å². The molecule has 5 N–H and O–H groups in total. The third-order valence-corrected chi connectivity index (χ3v) is 2.41. The number of aliphatic hydroxyl groups is 1. The van der Waals surface area contributed by atoms with Gasteiger partial charge in [-0.2, -0.15) is 5.26 Å². The number of urea groups is 1. The largest absolute Gasteiger partial charge is 0.491 e. The highest BCUT2D eigenvalue weighted by molar-refractivity contribution is 5.71. The number of rotatable bonds is 8. The summed E-state index contributed by atoms with van der Waals surface area (Å²) >= 11 is 0. The minimum absolute atomic E-state index is 0.141. The van der Waals surface area contributed by atoms with Crippen LogP contribution in [0.3, 0.4) is 0 Å². The van der Waals surface area contributed by atoms with Crippen LogP contribution in [0.15, 0.2) is 24.3 Å². The molecular weight excluding hydrogens is 260 g/mol. The van der Waals surface area contributed by atoms with Crippen molar-refractivity contribution < 1.29 is 14.6 Å². The minimum Gasteiger partial charge on any atom is -0.491 e. The molecule has 0 aromatic heterocycles. The molecule has 0 aliphatic heterocycles. The van der Waals surface area contributed by atoms with E-state index in [9.17, 15) is 9.90 Å². The fourth-order valence-corrected chi connectivity index (χ4v) is 1.42. The zero-order valence-electron chi connectivity index (χ0n) is 11.0. The lowest BCUT2D eigenvalue weighted by Gasteiger charge is -2.13. The Balaban J connectivity index is 2.14. The molecule has 0 aliphatic rings. The predicted octanol–water partition coefficient (Wildman–Crippen LogP) is -0.444. The monoisotopic (exact) mass is 278 g/mol. The van der Waals surface area contributed by atoms with Gasteiger partial charge in [0.15, 0.2) is 0 Å². The van der Waals surface area contributed by atoms with Gasteiger partial charge in [0.1, 0.15) is 18.5 Å². The summed E-state index contributed by atoms with van der Waals surface area (Å²) in [7, 11) is 0. The second-order valence-electron chi connectivity index (χ2n) is 4.10. The zero-order chi connectivity index (χ0) is 14.8. The van der Waals surface area contributed by atoms with Crippen LogP contribution in [0.5, 0.6) is 5.75 Å². The molecule has 0 heterocycles. The van der Waals surface area contributed by atoms with Crippen molar-refractivity contribution in [1.29, 1.82) is 5.26 Å². The quantitative estimate of drug-likeness (QED) is 0.480. The average molecular weight is 278 g/mol. The van der Waals surface area contributed by atoms with Crippen LogP contribution in [0, 0.1) is 11.3 Å². The number of nitrogens with one attached hydrogen (secondary N) is 2. The maximum Gasteiger partial charge on any atom is 0.312 e. The van der Waals surface area contributed by atoms with Crippen molar-refractivity contribution in [3.63, 3.8) is 0 Å². The van der Waals surface area contributed by atoms with Crippen LogP contribution in [0.1, 0.15) is 5.56 Å². The van der Waals surface area contributed by atoms with Crippen molar-refractivity contribution in [2.75, 3.05) is 26.2 Å². The molecule has 1 unspecified atom stereocenters. The van der Waals surface area contributed by atoms with Crippen LogP contribution in [-0.4, -0.2) is 43.5 Å². The van der Waals surface area contributed by atoms with E-state index in [1.165, 1.54) is 0 Å². The van der Waals surface area contributed by atoms with Gasteiger partial charge in [0, 0.05) is 19.6 Å². The Bertz CT molecular complexity index is 456. The van der Waals surface area contributed by atoms with Gasteiger partial charge < -0.3 is 26.2 Å². The lowest BCUT2D eigenvalue weighted by Crippen LogP contribution is -2.38. The van der Waals surface area contributed by atoms with Crippen molar-refractivity contribution in [1.82, 2.24) is 10.6 Å². The smallest absolute Gasteiger partial charge is 0.312 e. The van der Waals surface area contributed by atoms with Gasteiger partial charge in [-0.3, -0.25) is 0 Å². The van der Waals surface area contributed by atoms with E-state index in [-0.39, 0.29) is 6.61 Å². The molecule has 108 valence electrons. The normalized spacial score (nSPS) is 11.4. The molecule has 0 radical (unpaired) electrons. The summed E-state index contributed by atoms with van der Waals surface area (Å²) in [5.74, 6) is 0.596. The Hall–Kier alpha value is -2.30. The summed E-state index contributed by atoms with van der Waals surface area (Å²) in [6, 6.07) is 8.09. The van der Waals surface area contributed by atoms with Crippen LogP contribution < -0.4 is 21.1 Å². The standard InChI is InChI=1S/C13H18N4O3/c14-7-10-1-3-12(4-2-10)20-9-11(18)8-16-5-6-17-13(15)19/h1-4,11,16,18H,5-6,8-9H2,(H3,15,17,19). The number of amides is 2. The number of carbonyl (C=O) groups excluding carboxylic acids is 1.